The molecule has 1 aromatic heterocycles. The maximum Gasteiger partial charge on any atom is 0.416 e. The number of halogens is 3. The second-order valence-electron chi connectivity index (χ2n) is 6.49. The largest absolute Gasteiger partial charge is 0.494 e. The van der Waals surface area contributed by atoms with Gasteiger partial charge in [0.2, 0.25) is 0 Å². The van der Waals surface area contributed by atoms with Gasteiger partial charge in [-0.15, -0.1) is 0 Å². The summed E-state index contributed by atoms with van der Waals surface area (Å²) >= 11 is 0. The third-order valence-electron chi connectivity index (χ3n) is 4.37. The van der Waals surface area contributed by atoms with Crippen molar-refractivity contribution in [2.24, 2.45) is 0 Å². The fraction of sp³-hybridized carbons (Fsp3) is 0.333. The van der Waals surface area contributed by atoms with Crippen molar-refractivity contribution in [1.82, 2.24) is 10.3 Å². The molecule has 3 nitrogen and oxygen atoms in total. The van der Waals surface area contributed by atoms with E-state index in [2.05, 4.69) is 17.2 Å². The van der Waals surface area contributed by atoms with E-state index in [9.17, 15) is 13.2 Å². The quantitative estimate of drug-likeness (QED) is 0.523. The highest BCUT2D eigenvalue weighted by Crippen LogP contribution is 2.32. The summed E-state index contributed by atoms with van der Waals surface area (Å²) in [6, 6.07) is 11.7. The first-order chi connectivity index (χ1) is 13.0. The van der Waals surface area contributed by atoms with Crippen LogP contribution in [0.1, 0.15) is 30.0 Å². The molecule has 3 aromatic rings. The van der Waals surface area contributed by atoms with Crippen LogP contribution in [0.15, 0.2) is 48.7 Å². The maximum atomic E-state index is 12.9. The van der Waals surface area contributed by atoms with Crippen LogP contribution >= 0.6 is 0 Å². The van der Waals surface area contributed by atoms with Crippen LogP contribution in [-0.2, 0) is 19.1 Å². The molecule has 0 amide bonds. The lowest BCUT2D eigenvalue weighted by Crippen LogP contribution is -2.16. The van der Waals surface area contributed by atoms with Gasteiger partial charge in [-0.3, -0.25) is 0 Å². The number of aromatic nitrogens is 1. The van der Waals surface area contributed by atoms with E-state index in [0.717, 1.165) is 34.9 Å². The molecular formula is C21H23F3N2O. The van der Waals surface area contributed by atoms with Gasteiger partial charge in [0.1, 0.15) is 5.75 Å². The molecule has 0 radical (unpaired) electrons. The van der Waals surface area contributed by atoms with Crippen LogP contribution in [0.25, 0.3) is 10.9 Å². The van der Waals surface area contributed by atoms with Crippen LogP contribution in [0.3, 0.4) is 0 Å². The lowest BCUT2D eigenvalue weighted by molar-refractivity contribution is -0.137. The first-order valence-electron chi connectivity index (χ1n) is 9.07. The Morgan fingerprint density at radius 1 is 1.11 bits per heavy atom. The molecule has 2 N–H and O–H groups in total. The van der Waals surface area contributed by atoms with E-state index in [1.807, 2.05) is 24.3 Å². The van der Waals surface area contributed by atoms with Crippen LogP contribution in [-0.4, -0.2) is 18.1 Å². The number of fused-ring (bicyclic) bond motifs is 1. The minimum absolute atomic E-state index is 0.618. The Balaban J connectivity index is 1.58. The number of alkyl halides is 3. The number of rotatable bonds is 8. The zero-order chi connectivity index (χ0) is 19.3. The molecule has 3 rings (SSSR count). The first-order valence-corrected chi connectivity index (χ1v) is 9.07. The van der Waals surface area contributed by atoms with E-state index < -0.39 is 11.7 Å². The Morgan fingerprint density at radius 3 is 2.74 bits per heavy atom. The molecule has 0 atom stereocenters. The molecule has 0 saturated carbocycles. The molecule has 144 valence electrons. The topological polar surface area (TPSA) is 37.0 Å². The number of hydrogen-bond acceptors (Lipinski definition) is 2. The van der Waals surface area contributed by atoms with Crippen LogP contribution in [0, 0.1) is 0 Å². The average Bonchev–Trinajstić information content (AvgIpc) is 3.05. The van der Waals surface area contributed by atoms with E-state index in [0.29, 0.717) is 31.5 Å². The molecule has 0 aliphatic heterocycles. The van der Waals surface area contributed by atoms with Crippen molar-refractivity contribution in [3.63, 3.8) is 0 Å². The van der Waals surface area contributed by atoms with Gasteiger partial charge in [0.05, 0.1) is 12.2 Å². The number of H-pyrrole nitrogens is 1. The molecule has 0 fully saturated rings. The summed E-state index contributed by atoms with van der Waals surface area (Å²) in [4.78, 5) is 3.04. The zero-order valence-electron chi connectivity index (χ0n) is 15.2. The van der Waals surface area contributed by atoms with Gasteiger partial charge in [0.15, 0.2) is 0 Å². The lowest BCUT2D eigenvalue weighted by atomic mass is 10.1. The fourth-order valence-electron chi connectivity index (χ4n) is 2.98. The van der Waals surface area contributed by atoms with Crippen LogP contribution < -0.4 is 10.1 Å². The molecule has 0 aliphatic carbocycles. The van der Waals surface area contributed by atoms with Crippen LogP contribution in [0.5, 0.6) is 5.75 Å². The van der Waals surface area contributed by atoms with E-state index in [4.69, 9.17) is 4.74 Å². The Labute approximate surface area is 156 Å². The standard InChI is InChI=1S/C21H23F3N2O/c1-2-10-27-18-5-3-4-15(11-18)13-25-9-8-16-14-26-20-7-6-17(12-19(16)20)21(22,23)24/h3-7,11-12,14,25-26H,2,8-10,13H2,1H3. The predicted molar refractivity (Wildman–Crippen MR) is 101 cm³/mol. The monoisotopic (exact) mass is 376 g/mol. The van der Waals surface area contributed by atoms with Gasteiger partial charge in [0.25, 0.3) is 0 Å². The van der Waals surface area contributed by atoms with Gasteiger partial charge in [0, 0.05) is 23.6 Å². The number of aromatic amines is 1. The van der Waals surface area contributed by atoms with Crippen molar-refractivity contribution < 1.29 is 17.9 Å². The number of nitrogens with one attached hydrogen (secondary N) is 2. The Hall–Kier alpha value is -2.47. The third kappa shape index (κ3) is 5.04. The second-order valence-corrected chi connectivity index (χ2v) is 6.49. The summed E-state index contributed by atoms with van der Waals surface area (Å²) in [6.45, 7) is 4.11. The maximum absolute atomic E-state index is 12.9. The van der Waals surface area contributed by atoms with E-state index in [1.54, 1.807) is 6.20 Å². The number of hydrogen-bond donors (Lipinski definition) is 2. The summed E-state index contributed by atoms with van der Waals surface area (Å²) in [5.41, 5.74) is 2.09. The second kappa shape index (κ2) is 8.48. The molecular weight excluding hydrogens is 353 g/mol. The molecule has 6 heteroatoms. The molecule has 1 heterocycles. The fourth-order valence-corrected chi connectivity index (χ4v) is 2.98. The van der Waals surface area contributed by atoms with Crippen molar-refractivity contribution in [3.8, 4) is 5.75 Å². The van der Waals surface area contributed by atoms with E-state index >= 15 is 0 Å². The molecule has 0 bridgehead atoms. The van der Waals surface area contributed by atoms with Crippen molar-refractivity contribution in [2.45, 2.75) is 32.5 Å². The third-order valence-corrected chi connectivity index (χ3v) is 4.37. The average molecular weight is 376 g/mol. The van der Waals surface area contributed by atoms with Crippen molar-refractivity contribution >= 4 is 10.9 Å². The molecule has 0 unspecified atom stereocenters. The lowest BCUT2D eigenvalue weighted by Gasteiger charge is -2.09. The van der Waals surface area contributed by atoms with E-state index in [1.165, 1.54) is 12.1 Å². The van der Waals surface area contributed by atoms with Crippen molar-refractivity contribution in [1.29, 1.82) is 0 Å². The van der Waals surface area contributed by atoms with Gasteiger partial charge in [-0.25, -0.2) is 0 Å². The summed E-state index contributed by atoms with van der Waals surface area (Å²) < 4.78 is 44.4. The molecule has 0 saturated heterocycles. The molecule has 0 spiro atoms. The highest BCUT2D eigenvalue weighted by molar-refractivity contribution is 5.84. The van der Waals surface area contributed by atoms with Gasteiger partial charge in [-0.05, 0) is 60.8 Å². The minimum atomic E-state index is -4.33. The predicted octanol–water partition coefficient (Wildman–Crippen LogP) is 5.31. The van der Waals surface area contributed by atoms with Crippen LogP contribution in [0.4, 0.5) is 13.2 Å². The van der Waals surface area contributed by atoms with Gasteiger partial charge < -0.3 is 15.0 Å². The van der Waals surface area contributed by atoms with Crippen molar-refractivity contribution in [3.05, 3.63) is 65.4 Å². The van der Waals surface area contributed by atoms with Crippen LogP contribution in [0.2, 0.25) is 0 Å². The number of benzene rings is 2. The van der Waals surface area contributed by atoms with Gasteiger partial charge >= 0.3 is 6.18 Å². The summed E-state index contributed by atoms with van der Waals surface area (Å²) in [5, 5.41) is 3.97. The highest BCUT2D eigenvalue weighted by atomic mass is 19.4. The first kappa shape index (κ1) is 19.3. The normalized spacial score (nSPS) is 11.9. The van der Waals surface area contributed by atoms with Gasteiger partial charge in [-0.1, -0.05) is 19.1 Å². The summed E-state index contributed by atoms with van der Waals surface area (Å²) in [6.07, 6.45) is -0.936. The van der Waals surface area contributed by atoms with Crippen molar-refractivity contribution in [2.75, 3.05) is 13.2 Å². The number of ether oxygens (including phenoxy) is 1. The molecule has 0 aliphatic rings. The Morgan fingerprint density at radius 2 is 1.96 bits per heavy atom. The Kier molecular flexibility index (Phi) is 6.06. The molecule has 27 heavy (non-hydrogen) atoms. The minimum Gasteiger partial charge on any atom is -0.494 e. The van der Waals surface area contributed by atoms with Gasteiger partial charge in [-0.2, -0.15) is 13.2 Å². The summed E-state index contributed by atoms with van der Waals surface area (Å²) in [7, 11) is 0. The highest BCUT2D eigenvalue weighted by Gasteiger charge is 2.30. The smallest absolute Gasteiger partial charge is 0.416 e. The molecule has 2 aromatic carbocycles. The zero-order valence-corrected chi connectivity index (χ0v) is 15.2. The summed E-state index contributed by atoms with van der Waals surface area (Å²) in [5.74, 6) is 0.854. The Bertz CT molecular complexity index is 887. The van der Waals surface area contributed by atoms with E-state index in [-0.39, 0.29) is 0 Å². The SMILES string of the molecule is CCCOc1cccc(CNCCc2c[nH]c3ccc(C(F)(F)F)cc23)c1.